The highest BCUT2D eigenvalue weighted by Gasteiger charge is 2.07. The van der Waals surface area contributed by atoms with E-state index in [4.69, 9.17) is 0 Å². The number of hydrogen-bond donors (Lipinski definition) is 1. The van der Waals surface area contributed by atoms with Gasteiger partial charge in [-0.3, -0.25) is 4.90 Å². The van der Waals surface area contributed by atoms with Gasteiger partial charge in [-0.05, 0) is 62.4 Å². The van der Waals surface area contributed by atoms with Crippen LogP contribution in [0.1, 0.15) is 43.0 Å². The van der Waals surface area contributed by atoms with Crippen LogP contribution in [0.4, 0.5) is 0 Å². The monoisotopic (exact) mass is 274 g/mol. The molecule has 1 rings (SSSR count). The number of rotatable bonds is 8. The molecule has 0 aliphatic carbocycles. The number of hydrogen-bond acceptors (Lipinski definition) is 2. The Balaban J connectivity index is 2.64. The second-order valence-electron chi connectivity index (χ2n) is 5.56. The molecule has 0 aromatic heterocycles. The molecule has 20 heavy (non-hydrogen) atoms. The van der Waals surface area contributed by atoms with Gasteiger partial charge in [0.25, 0.3) is 0 Å². The highest BCUT2D eigenvalue weighted by molar-refractivity contribution is 5.39. The van der Waals surface area contributed by atoms with E-state index in [9.17, 15) is 0 Å². The average molecular weight is 274 g/mol. The fourth-order valence-corrected chi connectivity index (χ4v) is 2.46. The molecular weight excluding hydrogens is 244 g/mol. The molecule has 0 spiro atoms. The maximum atomic E-state index is 3.89. The zero-order valence-electron chi connectivity index (χ0n) is 13.8. The Morgan fingerprint density at radius 2 is 1.75 bits per heavy atom. The summed E-state index contributed by atoms with van der Waals surface area (Å²) in [6, 6.07) is 4.60. The second kappa shape index (κ2) is 8.11. The first-order chi connectivity index (χ1) is 9.49. The van der Waals surface area contributed by atoms with E-state index in [2.05, 4.69) is 56.6 Å². The Morgan fingerprint density at radius 1 is 1.15 bits per heavy atom. The lowest BCUT2D eigenvalue weighted by molar-refractivity contribution is 0.278. The molecule has 0 saturated heterocycles. The third-order valence-electron chi connectivity index (χ3n) is 4.14. The number of nitrogens with one attached hydrogen (secondary N) is 1. The summed E-state index contributed by atoms with van der Waals surface area (Å²) in [7, 11) is 0. The van der Waals surface area contributed by atoms with Crippen molar-refractivity contribution in [3.63, 3.8) is 0 Å². The van der Waals surface area contributed by atoms with Crippen LogP contribution >= 0.6 is 0 Å². The van der Waals surface area contributed by atoms with Crippen molar-refractivity contribution in [1.82, 2.24) is 10.2 Å². The summed E-state index contributed by atoms with van der Waals surface area (Å²) in [5.41, 5.74) is 6.92. The molecule has 2 heteroatoms. The van der Waals surface area contributed by atoms with Crippen molar-refractivity contribution < 1.29 is 0 Å². The van der Waals surface area contributed by atoms with Crippen LogP contribution in [0.5, 0.6) is 0 Å². The highest BCUT2D eigenvalue weighted by atomic mass is 15.2. The van der Waals surface area contributed by atoms with Crippen LogP contribution in [0.3, 0.4) is 0 Å². The lowest BCUT2D eigenvalue weighted by Crippen LogP contribution is -2.34. The smallest absolute Gasteiger partial charge is 0.0675 e. The van der Waals surface area contributed by atoms with Crippen LogP contribution in [0, 0.1) is 13.8 Å². The van der Waals surface area contributed by atoms with Crippen molar-refractivity contribution >= 4 is 0 Å². The fraction of sp³-hybridized carbons (Fsp3) is 0.556. The molecule has 1 N–H and O–H groups in total. The van der Waals surface area contributed by atoms with Crippen LogP contribution in [0.2, 0.25) is 0 Å². The molecule has 0 radical (unpaired) electrons. The lowest BCUT2D eigenvalue weighted by Gasteiger charge is -2.22. The minimum absolute atomic E-state index is 0.886. The maximum absolute atomic E-state index is 3.89. The number of nitrogens with zero attached hydrogens (tertiary/aromatic N) is 1. The quantitative estimate of drug-likeness (QED) is 0.725. The lowest BCUT2D eigenvalue weighted by atomic mass is 9.95. The highest BCUT2D eigenvalue weighted by Crippen LogP contribution is 2.19. The molecule has 0 fully saturated rings. The van der Waals surface area contributed by atoms with E-state index < -0.39 is 0 Å². The molecule has 0 aliphatic rings. The van der Waals surface area contributed by atoms with E-state index in [1.54, 1.807) is 0 Å². The molecule has 0 aliphatic heterocycles. The van der Waals surface area contributed by atoms with Gasteiger partial charge in [0.2, 0.25) is 0 Å². The average Bonchev–Trinajstić information content (AvgIpc) is 2.43. The number of benzene rings is 1. The Morgan fingerprint density at radius 3 is 2.30 bits per heavy atom. The minimum Gasteiger partial charge on any atom is -0.376 e. The first-order valence-corrected chi connectivity index (χ1v) is 7.69. The number of allylic oxidation sites excluding steroid dienone is 1. The maximum Gasteiger partial charge on any atom is 0.0675 e. The first-order valence-electron chi connectivity index (χ1n) is 7.69. The van der Waals surface area contributed by atoms with E-state index in [1.807, 2.05) is 6.92 Å². The molecular formula is C18H30N2. The molecule has 0 bridgehead atoms. The Bertz CT molecular complexity index is 449. The Hall–Kier alpha value is -1.28. The van der Waals surface area contributed by atoms with E-state index in [0.29, 0.717) is 0 Å². The molecule has 1 aromatic carbocycles. The van der Waals surface area contributed by atoms with Gasteiger partial charge in [-0.1, -0.05) is 32.6 Å². The summed E-state index contributed by atoms with van der Waals surface area (Å²) in [5.74, 6) is 0. The third-order valence-corrected chi connectivity index (χ3v) is 4.14. The Kier molecular flexibility index (Phi) is 6.80. The van der Waals surface area contributed by atoms with Crippen molar-refractivity contribution in [2.45, 2.75) is 47.5 Å². The van der Waals surface area contributed by atoms with E-state index in [1.165, 1.54) is 22.3 Å². The van der Waals surface area contributed by atoms with Crippen molar-refractivity contribution in [3.8, 4) is 0 Å². The molecule has 112 valence electrons. The molecule has 2 nitrogen and oxygen atoms in total. The molecule has 0 saturated carbocycles. The normalized spacial score (nSPS) is 10.9. The van der Waals surface area contributed by atoms with Crippen molar-refractivity contribution in [2.75, 3.05) is 19.8 Å². The van der Waals surface area contributed by atoms with Crippen LogP contribution in [-0.2, 0) is 12.8 Å². The van der Waals surface area contributed by atoms with Crippen molar-refractivity contribution in [2.24, 2.45) is 0 Å². The molecule has 0 atom stereocenters. The third kappa shape index (κ3) is 4.68. The predicted molar refractivity (Wildman–Crippen MR) is 89.1 cm³/mol. The SMILES string of the molecule is C=C(C)NCN(CC)CCc1ccc(CC)c(C)c1C. The van der Waals surface area contributed by atoms with Gasteiger partial charge in [-0.2, -0.15) is 0 Å². The van der Waals surface area contributed by atoms with E-state index >= 15 is 0 Å². The van der Waals surface area contributed by atoms with Gasteiger partial charge in [-0.25, -0.2) is 0 Å². The van der Waals surface area contributed by atoms with Gasteiger partial charge in [0.15, 0.2) is 0 Å². The predicted octanol–water partition coefficient (Wildman–Crippen LogP) is 3.81. The molecule has 0 unspecified atom stereocenters. The minimum atomic E-state index is 0.886. The summed E-state index contributed by atoms with van der Waals surface area (Å²) >= 11 is 0. The fourth-order valence-electron chi connectivity index (χ4n) is 2.46. The van der Waals surface area contributed by atoms with Crippen LogP contribution in [-0.4, -0.2) is 24.7 Å². The van der Waals surface area contributed by atoms with Gasteiger partial charge in [0.1, 0.15) is 0 Å². The van der Waals surface area contributed by atoms with E-state index in [0.717, 1.165) is 38.3 Å². The number of likely N-dealkylation sites (N-methyl/N-ethyl adjacent to an activating group) is 1. The number of aryl methyl sites for hydroxylation is 1. The van der Waals surface area contributed by atoms with Crippen molar-refractivity contribution in [1.29, 1.82) is 0 Å². The van der Waals surface area contributed by atoms with Gasteiger partial charge in [-0.15, -0.1) is 0 Å². The molecule has 0 heterocycles. The zero-order chi connectivity index (χ0) is 15.1. The topological polar surface area (TPSA) is 15.3 Å². The van der Waals surface area contributed by atoms with Gasteiger partial charge >= 0.3 is 0 Å². The van der Waals surface area contributed by atoms with Gasteiger partial charge in [0, 0.05) is 12.2 Å². The Labute approximate surface area is 124 Å². The summed E-state index contributed by atoms with van der Waals surface area (Å²) in [4.78, 5) is 2.41. The van der Waals surface area contributed by atoms with Gasteiger partial charge < -0.3 is 5.32 Å². The second-order valence-corrected chi connectivity index (χ2v) is 5.56. The van der Waals surface area contributed by atoms with E-state index in [-0.39, 0.29) is 0 Å². The van der Waals surface area contributed by atoms with Crippen molar-refractivity contribution in [3.05, 3.63) is 46.7 Å². The molecule has 0 amide bonds. The van der Waals surface area contributed by atoms with Crippen LogP contribution < -0.4 is 5.32 Å². The van der Waals surface area contributed by atoms with Crippen LogP contribution in [0.25, 0.3) is 0 Å². The van der Waals surface area contributed by atoms with Gasteiger partial charge in [0.05, 0.1) is 6.67 Å². The molecule has 1 aromatic rings. The summed E-state index contributed by atoms with van der Waals surface area (Å²) in [6.45, 7) is 17.9. The summed E-state index contributed by atoms with van der Waals surface area (Å²) in [5, 5.41) is 3.31. The first kappa shape index (κ1) is 16.8. The van der Waals surface area contributed by atoms with Crippen LogP contribution in [0.15, 0.2) is 24.4 Å². The summed E-state index contributed by atoms with van der Waals surface area (Å²) in [6.07, 6.45) is 2.24. The standard InChI is InChI=1S/C18H30N2/c1-7-17-9-10-18(16(6)15(17)5)11-12-20(8-2)13-19-14(3)4/h9-10,19H,3,7-8,11-13H2,1-2,4-6H3. The summed E-state index contributed by atoms with van der Waals surface area (Å²) < 4.78 is 0. The largest absolute Gasteiger partial charge is 0.376 e. The zero-order valence-corrected chi connectivity index (χ0v) is 13.8.